The first-order valence-electron chi connectivity index (χ1n) is 12.1. The van der Waals surface area contributed by atoms with Gasteiger partial charge in [0.25, 0.3) is 5.91 Å². The van der Waals surface area contributed by atoms with Gasteiger partial charge in [-0.2, -0.15) is 8.42 Å². The van der Waals surface area contributed by atoms with E-state index in [-0.39, 0.29) is 10.6 Å². The Kier molecular flexibility index (Phi) is 6.34. The van der Waals surface area contributed by atoms with Crippen LogP contribution in [0.25, 0.3) is 0 Å². The first kappa shape index (κ1) is 25.1. The Labute approximate surface area is 230 Å². The summed E-state index contributed by atoms with van der Waals surface area (Å²) >= 11 is 6.12. The number of fused-ring (bicyclic) bond motifs is 1. The summed E-state index contributed by atoms with van der Waals surface area (Å²) in [6, 6.07) is 29.2. The fraction of sp³-hybridized carbons (Fsp3) is 0.103. The average Bonchev–Trinajstić information content (AvgIpc) is 3.45. The number of imide groups is 1. The zero-order valence-corrected chi connectivity index (χ0v) is 21.8. The molecule has 2 aliphatic heterocycles. The number of hydroxylamine groups is 1. The van der Waals surface area contributed by atoms with E-state index in [1.807, 2.05) is 30.3 Å². The van der Waals surface area contributed by atoms with Crippen molar-refractivity contribution in [3.05, 3.63) is 120 Å². The maximum absolute atomic E-state index is 13.7. The third-order valence-corrected chi connectivity index (χ3v) is 8.15. The second-order valence-electron chi connectivity index (χ2n) is 9.07. The topological polar surface area (TPSA) is 93.2 Å². The fourth-order valence-corrected chi connectivity index (χ4v) is 6.04. The van der Waals surface area contributed by atoms with Gasteiger partial charge in [0.05, 0.1) is 17.4 Å². The maximum Gasteiger partial charge on any atom is 0.339 e. The van der Waals surface area contributed by atoms with Crippen molar-refractivity contribution < 1.29 is 27.0 Å². The second-order valence-corrected chi connectivity index (χ2v) is 11.1. The van der Waals surface area contributed by atoms with Crippen LogP contribution in [0, 0.1) is 5.92 Å². The zero-order chi connectivity index (χ0) is 27.1. The van der Waals surface area contributed by atoms with Crippen LogP contribution < -0.4 is 14.1 Å². The van der Waals surface area contributed by atoms with E-state index < -0.39 is 40.0 Å². The van der Waals surface area contributed by atoms with Gasteiger partial charge in [0.15, 0.2) is 6.10 Å². The molecular weight excluding hydrogens is 540 g/mol. The Hall–Kier alpha value is -4.18. The molecule has 0 aliphatic carbocycles. The van der Waals surface area contributed by atoms with Crippen LogP contribution in [0.2, 0.25) is 5.02 Å². The van der Waals surface area contributed by atoms with Crippen LogP contribution in [0.3, 0.4) is 0 Å². The van der Waals surface area contributed by atoms with Gasteiger partial charge < -0.3 is 4.18 Å². The van der Waals surface area contributed by atoms with E-state index in [0.29, 0.717) is 22.0 Å². The normalized spacial score (nSPS) is 20.8. The van der Waals surface area contributed by atoms with E-state index in [9.17, 15) is 18.0 Å². The highest BCUT2D eigenvalue weighted by Gasteiger charge is 2.60. The van der Waals surface area contributed by atoms with Crippen molar-refractivity contribution in [2.45, 2.75) is 17.0 Å². The summed E-state index contributed by atoms with van der Waals surface area (Å²) in [7, 11) is -4.02. The van der Waals surface area contributed by atoms with Crippen LogP contribution in [-0.2, 0) is 24.5 Å². The van der Waals surface area contributed by atoms with Gasteiger partial charge in [-0.05, 0) is 60.2 Å². The van der Waals surface area contributed by atoms with Gasteiger partial charge in [-0.1, -0.05) is 66.2 Å². The summed E-state index contributed by atoms with van der Waals surface area (Å²) in [5.41, 5.74) is 1.68. The van der Waals surface area contributed by atoms with E-state index in [0.717, 1.165) is 4.90 Å². The highest BCUT2D eigenvalue weighted by Crippen LogP contribution is 2.48. The van der Waals surface area contributed by atoms with Crippen LogP contribution >= 0.6 is 11.6 Å². The molecule has 0 radical (unpaired) electrons. The molecule has 3 atom stereocenters. The molecule has 2 saturated heterocycles. The molecule has 2 fully saturated rings. The van der Waals surface area contributed by atoms with Crippen molar-refractivity contribution >= 4 is 44.9 Å². The third-order valence-electron chi connectivity index (χ3n) is 6.65. The van der Waals surface area contributed by atoms with E-state index in [4.69, 9.17) is 20.6 Å². The number of hydrogen-bond acceptors (Lipinski definition) is 7. The molecule has 0 unspecified atom stereocenters. The van der Waals surface area contributed by atoms with Crippen molar-refractivity contribution in [2.75, 3.05) is 9.96 Å². The number of halogens is 1. The minimum atomic E-state index is -4.02. The zero-order valence-electron chi connectivity index (χ0n) is 20.3. The first-order valence-corrected chi connectivity index (χ1v) is 13.9. The Morgan fingerprint density at radius 1 is 0.744 bits per heavy atom. The largest absolute Gasteiger partial charge is 0.379 e. The van der Waals surface area contributed by atoms with Crippen molar-refractivity contribution in [3.63, 3.8) is 0 Å². The summed E-state index contributed by atoms with van der Waals surface area (Å²) < 4.78 is 30.6. The molecule has 0 N–H and O–H groups in total. The van der Waals surface area contributed by atoms with Gasteiger partial charge in [0.2, 0.25) is 5.91 Å². The van der Waals surface area contributed by atoms with Crippen LogP contribution in [0.15, 0.2) is 114 Å². The van der Waals surface area contributed by atoms with Crippen molar-refractivity contribution in [2.24, 2.45) is 5.92 Å². The smallest absolute Gasteiger partial charge is 0.339 e. The Morgan fingerprint density at radius 2 is 1.38 bits per heavy atom. The summed E-state index contributed by atoms with van der Waals surface area (Å²) in [6.07, 6.45) is -1.05. The monoisotopic (exact) mass is 560 g/mol. The molecule has 8 nitrogen and oxygen atoms in total. The Balaban J connectivity index is 1.35. The molecule has 0 bridgehead atoms. The summed E-state index contributed by atoms with van der Waals surface area (Å²) in [5, 5.41) is 1.96. The van der Waals surface area contributed by atoms with E-state index in [1.54, 1.807) is 59.7 Å². The number of amides is 2. The lowest BCUT2D eigenvalue weighted by atomic mass is 9.90. The second kappa shape index (κ2) is 9.85. The highest BCUT2D eigenvalue weighted by molar-refractivity contribution is 7.87. The van der Waals surface area contributed by atoms with Crippen LogP contribution in [0.5, 0.6) is 5.75 Å². The van der Waals surface area contributed by atoms with E-state index in [2.05, 4.69) is 0 Å². The molecule has 4 aromatic rings. The van der Waals surface area contributed by atoms with Gasteiger partial charge in [0, 0.05) is 5.02 Å². The lowest BCUT2D eigenvalue weighted by molar-refractivity contribution is -0.126. The molecule has 0 aromatic heterocycles. The molecular formula is C29H21ClN2O6S. The third kappa shape index (κ3) is 4.54. The number of anilines is 2. The Morgan fingerprint density at radius 3 is 2.05 bits per heavy atom. The number of benzene rings is 4. The standard InChI is InChI=1S/C29H21ClN2O6S/c30-20-8-7-11-22(18-20)31-28(33)25-26(32(37-27(25)29(31)34)21-9-3-1-4-10-21)19-14-16-23(17-15-19)38-39(35,36)24-12-5-2-6-13-24/h1-18,25-27H/t25-,26-,27+/m1/s1. The van der Waals surface area contributed by atoms with Crippen LogP contribution in [0.1, 0.15) is 11.6 Å². The maximum atomic E-state index is 13.7. The van der Waals surface area contributed by atoms with E-state index in [1.165, 1.54) is 24.3 Å². The molecule has 2 heterocycles. The number of carbonyl (C=O) groups excluding carboxylic acids is 2. The molecule has 10 heteroatoms. The number of hydrogen-bond donors (Lipinski definition) is 0. The van der Waals surface area contributed by atoms with Crippen molar-refractivity contribution in [1.29, 1.82) is 0 Å². The molecule has 0 spiro atoms. The van der Waals surface area contributed by atoms with Crippen LogP contribution in [0.4, 0.5) is 11.4 Å². The van der Waals surface area contributed by atoms with E-state index >= 15 is 0 Å². The summed E-state index contributed by atoms with van der Waals surface area (Å²) in [6.45, 7) is 0. The highest BCUT2D eigenvalue weighted by atomic mass is 35.5. The summed E-state index contributed by atoms with van der Waals surface area (Å²) in [5.74, 6) is -1.64. The summed E-state index contributed by atoms with van der Waals surface area (Å²) in [4.78, 5) is 34.4. The molecule has 2 amide bonds. The van der Waals surface area contributed by atoms with Gasteiger partial charge in [-0.25, -0.2) is 9.96 Å². The molecule has 6 rings (SSSR count). The predicted molar refractivity (Wildman–Crippen MR) is 145 cm³/mol. The molecule has 39 heavy (non-hydrogen) atoms. The number of para-hydroxylation sites is 1. The predicted octanol–water partition coefficient (Wildman–Crippen LogP) is 5.16. The minimum Gasteiger partial charge on any atom is -0.379 e. The lowest BCUT2D eigenvalue weighted by Crippen LogP contribution is -2.37. The molecule has 4 aromatic carbocycles. The van der Waals surface area contributed by atoms with Gasteiger partial charge in [-0.3, -0.25) is 14.4 Å². The average molecular weight is 561 g/mol. The number of nitrogens with zero attached hydrogens (tertiary/aromatic N) is 2. The fourth-order valence-electron chi connectivity index (χ4n) is 4.90. The van der Waals surface area contributed by atoms with Gasteiger partial charge >= 0.3 is 10.1 Å². The number of carbonyl (C=O) groups is 2. The molecule has 196 valence electrons. The SMILES string of the molecule is O=C1[C@H]2[C@H](ON(c3ccccc3)[C@@H]2c2ccc(OS(=O)(=O)c3ccccc3)cc2)C(=O)N1c1cccc(Cl)c1. The van der Waals surface area contributed by atoms with Crippen molar-refractivity contribution in [1.82, 2.24) is 0 Å². The number of rotatable bonds is 6. The molecule has 0 saturated carbocycles. The lowest BCUT2D eigenvalue weighted by Gasteiger charge is -2.28. The van der Waals surface area contributed by atoms with Gasteiger partial charge in [0.1, 0.15) is 16.6 Å². The Bertz CT molecular complexity index is 1650. The quantitative estimate of drug-likeness (QED) is 0.237. The first-order chi connectivity index (χ1) is 18.8. The van der Waals surface area contributed by atoms with Crippen LogP contribution in [-0.4, -0.2) is 26.3 Å². The van der Waals surface area contributed by atoms with Crippen molar-refractivity contribution in [3.8, 4) is 5.75 Å². The van der Waals surface area contributed by atoms with Gasteiger partial charge in [-0.15, -0.1) is 0 Å². The molecule has 2 aliphatic rings. The minimum absolute atomic E-state index is 0.0348.